The van der Waals surface area contributed by atoms with Crippen LogP contribution in [-0.2, 0) is 9.84 Å². The minimum absolute atomic E-state index is 0.186. The van der Waals surface area contributed by atoms with Crippen LogP contribution in [0.5, 0.6) is 11.6 Å². The van der Waals surface area contributed by atoms with Crippen LogP contribution in [0.3, 0.4) is 0 Å². The van der Waals surface area contributed by atoms with E-state index in [1.54, 1.807) is 30.3 Å². The van der Waals surface area contributed by atoms with Crippen molar-refractivity contribution in [1.29, 1.82) is 0 Å². The molecule has 0 atom stereocenters. The molecule has 0 spiro atoms. The van der Waals surface area contributed by atoms with Gasteiger partial charge < -0.3 is 4.74 Å². The third kappa shape index (κ3) is 3.03. The molecule has 0 saturated heterocycles. The number of benzene rings is 2. The van der Waals surface area contributed by atoms with Crippen LogP contribution in [0.25, 0.3) is 10.9 Å². The molecule has 0 fully saturated rings. The van der Waals surface area contributed by atoms with Crippen molar-refractivity contribution in [2.45, 2.75) is 4.90 Å². The molecule has 112 valence electrons. The Bertz CT molecular complexity index is 958. The summed E-state index contributed by atoms with van der Waals surface area (Å²) in [5.74, 6) is 0.727. The van der Waals surface area contributed by atoms with Gasteiger partial charge in [0.1, 0.15) is 12.1 Å². The average Bonchev–Trinajstić information content (AvgIpc) is 2.46. The first kappa shape index (κ1) is 14.7. The third-order valence-electron chi connectivity index (χ3n) is 3.01. The number of rotatable bonds is 3. The van der Waals surface area contributed by atoms with Gasteiger partial charge in [-0.15, -0.1) is 0 Å². The molecule has 0 bridgehead atoms. The van der Waals surface area contributed by atoms with Gasteiger partial charge in [-0.2, -0.15) is 0 Å². The summed E-state index contributed by atoms with van der Waals surface area (Å²) in [4.78, 5) is 8.41. The third-order valence-corrected chi connectivity index (χ3v) is 4.36. The van der Waals surface area contributed by atoms with E-state index in [2.05, 4.69) is 9.97 Å². The van der Waals surface area contributed by atoms with Crippen LogP contribution in [0, 0.1) is 0 Å². The lowest BCUT2D eigenvalue weighted by molar-refractivity contribution is 0.466. The van der Waals surface area contributed by atoms with E-state index in [1.807, 2.05) is 0 Å². The zero-order valence-corrected chi connectivity index (χ0v) is 13.1. The van der Waals surface area contributed by atoms with E-state index >= 15 is 0 Å². The Morgan fingerprint density at radius 3 is 2.68 bits per heavy atom. The van der Waals surface area contributed by atoms with Crippen molar-refractivity contribution in [1.82, 2.24) is 9.97 Å². The van der Waals surface area contributed by atoms with Gasteiger partial charge in [-0.05, 0) is 36.4 Å². The van der Waals surface area contributed by atoms with E-state index < -0.39 is 9.84 Å². The average molecular weight is 335 g/mol. The fraction of sp³-hybridized carbons (Fsp3) is 0.0667. The molecule has 0 N–H and O–H groups in total. The lowest BCUT2D eigenvalue weighted by Gasteiger charge is -2.08. The molecule has 0 aliphatic rings. The smallest absolute Gasteiger partial charge is 0.230 e. The van der Waals surface area contributed by atoms with Gasteiger partial charge in [-0.25, -0.2) is 18.4 Å². The van der Waals surface area contributed by atoms with Crippen molar-refractivity contribution in [2.75, 3.05) is 6.26 Å². The number of hydrogen-bond acceptors (Lipinski definition) is 5. The van der Waals surface area contributed by atoms with Crippen molar-refractivity contribution < 1.29 is 13.2 Å². The summed E-state index contributed by atoms with van der Waals surface area (Å²) in [6.45, 7) is 0. The van der Waals surface area contributed by atoms with Crippen LogP contribution >= 0.6 is 11.6 Å². The SMILES string of the molecule is CS(=O)(=O)c1cccc(Oc2ncnc3cc(Cl)ccc23)c1. The van der Waals surface area contributed by atoms with E-state index in [4.69, 9.17) is 16.3 Å². The Hall–Kier alpha value is -2.18. The molecule has 1 heterocycles. The maximum atomic E-state index is 11.6. The van der Waals surface area contributed by atoms with Crippen molar-refractivity contribution in [3.05, 3.63) is 53.8 Å². The Kier molecular flexibility index (Phi) is 3.72. The van der Waals surface area contributed by atoms with Crippen LogP contribution < -0.4 is 4.74 Å². The highest BCUT2D eigenvalue weighted by atomic mass is 35.5. The van der Waals surface area contributed by atoms with Crippen molar-refractivity contribution in [2.24, 2.45) is 0 Å². The van der Waals surface area contributed by atoms with Crippen molar-refractivity contribution >= 4 is 32.3 Å². The van der Waals surface area contributed by atoms with E-state index in [1.165, 1.54) is 18.5 Å². The first-order valence-electron chi connectivity index (χ1n) is 6.32. The number of aromatic nitrogens is 2. The molecule has 1 aromatic heterocycles. The Balaban J connectivity index is 2.04. The number of hydrogen-bond donors (Lipinski definition) is 0. The van der Waals surface area contributed by atoms with Gasteiger partial charge in [-0.1, -0.05) is 17.7 Å². The number of fused-ring (bicyclic) bond motifs is 1. The maximum Gasteiger partial charge on any atom is 0.230 e. The second kappa shape index (κ2) is 5.55. The lowest BCUT2D eigenvalue weighted by Crippen LogP contribution is -1.97. The first-order valence-corrected chi connectivity index (χ1v) is 8.59. The van der Waals surface area contributed by atoms with Gasteiger partial charge in [0.25, 0.3) is 0 Å². The standard InChI is InChI=1S/C15H11ClN2O3S/c1-22(19,20)12-4-2-3-11(8-12)21-15-13-6-5-10(16)7-14(13)17-9-18-15/h2-9H,1H3. The number of halogens is 1. The predicted octanol–water partition coefficient (Wildman–Crippen LogP) is 3.48. The molecule has 0 aliphatic carbocycles. The molecule has 3 aromatic rings. The first-order chi connectivity index (χ1) is 10.4. The molecule has 0 aliphatic heterocycles. The summed E-state index contributed by atoms with van der Waals surface area (Å²) in [7, 11) is -3.30. The Morgan fingerprint density at radius 2 is 1.91 bits per heavy atom. The minimum Gasteiger partial charge on any atom is -0.438 e. The fourth-order valence-electron chi connectivity index (χ4n) is 1.97. The van der Waals surface area contributed by atoms with Gasteiger partial charge in [0.2, 0.25) is 5.88 Å². The van der Waals surface area contributed by atoms with Gasteiger partial charge in [0, 0.05) is 11.3 Å². The minimum atomic E-state index is -3.30. The quantitative estimate of drug-likeness (QED) is 0.733. The summed E-state index contributed by atoms with van der Waals surface area (Å²) < 4.78 is 28.9. The molecular weight excluding hydrogens is 324 g/mol. The fourth-order valence-corrected chi connectivity index (χ4v) is 2.79. The molecule has 7 heteroatoms. The zero-order chi connectivity index (χ0) is 15.7. The summed E-state index contributed by atoms with van der Waals surface area (Å²) in [5, 5.41) is 1.26. The Morgan fingerprint density at radius 1 is 1.09 bits per heavy atom. The molecule has 0 radical (unpaired) electrons. The van der Waals surface area contributed by atoms with Gasteiger partial charge in [0.15, 0.2) is 9.84 Å². The highest BCUT2D eigenvalue weighted by Crippen LogP contribution is 2.29. The molecule has 2 aromatic carbocycles. The summed E-state index contributed by atoms with van der Waals surface area (Å²) in [6.07, 6.45) is 2.52. The second-order valence-corrected chi connectivity index (χ2v) is 7.14. The molecular formula is C15H11ClN2O3S. The topological polar surface area (TPSA) is 69.2 Å². The molecule has 0 unspecified atom stereocenters. The van der Waals surface area contributed by atoms with Crippen molar-refractivity contribution in [3.8, 4) is 11.6 Å². The van der Waals surface area contributed by atoms with E-state index in [9.17, 15) is 8.42 Å². The van der Waals surface area contributed by atoms with E-state index in [0.29, 0.717) is 27.6 Å². The van der Waals surface area contributed by atoms with Gasteiger partial charge in [0.05, 0.1) is 15.8 Å². The van der Waals surface area contributed by atoms with Crippen LogP contribution in [0.2, 0.25) is 5.02 Å². The van der Waals surface area contributed by atoms with E-state index in [-0.39, 0.29) is 4.90 Å². The Labute approximate surface area is 132 Å². The number of sulfone groups is 1. The molecule has 0 amide bonds. The van der Waals surface area contributed by atoms with Gasteiger partial charge in [-0.3, -0.25) is 0 Å². The zero-order valence-electron chi connectivity index (χ0n) is 11.5. The summed E-state index contributed by atoms with van der Waals surface area (Å²) >= 11 is 5.93. The van der Waals surface area contributed by atoms with Crippen LogP contribution in [-0.4, -0.2) is 24.6 Å². The lowest BCUT2D eigenvalue weighted by atomic mass is 10.2. The maximum absolute atomic E-state index is 11.6. The number of nitrogens with zero attached hydrogens (tertiary/aromatic N) is 2. The molecule has 3 rings (SSSR count). The number of ether oxygens (including phenoxy) is 1. The second-order valence-electron chi connectivity index (χ2n) is 4.69. The van der Waals surface area contributed by atoms with Crippen LogP contribution in [0.15, 0.2) is 53.7 Å². The van der Waals surface area contributed by atoms with Crippen LogP contribution in [0.4, 0.5) is 0 Å². The van der Waals surface area contributed by atoms with Crippen molar-refractivity contribution in [3.63, 3.8) is 0 Å². The predicted molar refractivity (Wildman–Crippen MR) is 84.2 cm³/mol. The van der Waals surface area contributed by atoms with Gasteiger partial charge >= 0.3 is 0 Å². The molecule has 0 saturated carbocycles. The highest BCUT2D eigenvalue weighted by Gasteiger charge is 2.10. The highest BCUT2D eigenvalue weighted by molar-refractivity contribution is 7.90. The summed E-state index contributed by atoms with van der Waals surface area (Å²) in [6, 6.07) is 11.4. The molecule has 5 nitrogen and oxygen atoms in total. The molecule has 22 heavy (non-hydrogen) atoms. The van der Waals surface area contributed by atoms with E-state index in [0.717, 1.165) is 6.26 Å². The summed E-state index contributed by atoms with van der Waals surface area (Å²) in [5.41, 5.74) is 0.650. The largest absolute Gasteiger partial charge is 0.438 e. The normalized spacial score (nSPS) is 11.5. The monoisotopic (exact) mass is 334 g/mol. The van der Waals surface area contributed by atoms with Crippen LogP contribution in [0.1, 0.15) is 0 Å².